The van der Waals surface area contributed by atoms with Crippen molar-refractivity contribution >= 4 is 15.7 Å². The molecule has 0 heterocycles. The van der Waals surface area contributed by atoms with Gasteiger partial charge in [-0.25, -0.2) is 21.9 Å². The molecule has 0 spiro atoms. The molecule has 7 heteroatoms. The monoisotopic (exact) mass is 304 g/mol. The molecule has 0 saturated heterocycles. The number of nitrogens with one attached hydrogen (secondary N) is 1. The number of hydrogen-bond donors (Lipinski definition) is 2. The molecule has 1 saturated carbocycles. The largest absolute Gasteiger partial charge is 0.399 e. The number of benzene rings is 1. The van der Waals surface area contributed by atoms with Crippen LogP contribution in [0.4, 0.5) is 14.5 Å². The van der Waals surface area contributed by atoms with Gasteiger partial charge in [-0.05, 0) is 36.8 Å². The Morgan fingerprint density at radius 2 is 1.75 bits per heavy atom. The first-order chi connectivity index (χ1) is 9.22. The van der Waals surface area contributed by atoms with Crippen LogP contribution >= 0.6 is 0 Å². The van der Waals surface area contributed by atoms with E-state index in [0.29, 0.717) is 12.3 Å². The Labute approximate surface area is 117 Å². The molecule has 0 bridgehead atoms. The van der Waals surface area contributed by atoms with Crippen LogP contribution in [0.25, 0.3) is 0 Å². The van der Waals surface area contributed by atoms with E-state index in [1.54, 1.807) is 0 Å². The molecule has 20 heavy (non-hydrogen) atoms. The minimum atomic E-state index is -4.23. The van der Waals surface area contributed by atoms with E-state index in [2.05, 4.69) is 4.72 Å². The van der Waals surface area contributed by atoms with Crippen LogP contribution < -0.4 is 10.5 Å². The molecule has 4 nitrogen and oxygen atoms in total. The molecular weight excluding hydrogens is 286 g/mol. The van der Waals surface area contributed by atoms with Gasteiger partial charge in [-0.2, -0.15) is 0 Å². The molecule has 1 aliphatic rings. The fourth-order valence-corrected chi connectivity index (χ4v) is 4.11. The SMILES string of the molecule is CC1CCC(NS(=O)(=O)c2c(F)cc(N)cc2F)C1C. The number of halogens is 2. The molecule has 3 N–H and O–H groups in total. The molecule has 0 amide bonds. The zero-order chi connectivity index (χ0) is 15.1. The minimum Gasteiger partial charge on any atom is -0.399 e. The van der Waals surface area contributed by atoms with Gasteiger partial charge in [0.25, 0.3) is 0 Å². The summed E-state index contributed by atoms with van der Waals surface area (Å²) >= 11 is 0. The highest BCUT2D eigenvalue weighted by atomic mass is 32.2. The van der Waals surface area contributed by atoms with E-state index >= 15 is 0 Å². The zero-order valence-corrected chi connectivity index (χ0v) is 12.2. The van der Waals surface area contributed by atoms with E-state index in [1.165, 1.54) is 0 Å². The average Bonchev–Trinajstić information content (AvgIpc) is 2.58. The Kier molecular flexibility index (Phi) is 4.02. The van der Waals surface area contributed by atoms with Crippen molar-refractivity contribution < 1.29 is 17.2 Å². The van der Waals surface area contributed by atoms with Crippen LogP contribution in [0.2, 0.25) is 0 Å². The number of rotatable bonds is 3. The molecule has 3 atom stereocenters. The second-order valence-corrected chi connectivity index (χ2v) is 7.11. The summed E-state index contributed by atoms with van der Waals surface area (Å²) in [6.07, 6.45) is 1.56. The smallest absolute Gasteiger partial charge is 0.246 e. The van der Waals surface area contributed by atoms with Gasteiger partial charge in [0.1, 0.15) is 11.6 Å². The average molecular weight is 304 g/mol. The summed E-state index contributed by atoms with van der Waals surface area (Å²) in [7, 11) is -4.23. The van der Waals surface area contributed by atoms with Crippen LogP contribution in [-0.2, 0) is 10.0 Å². The van der Waals surface area contributed by atoms with Gasteiger partial charge in [0.05, 0.1) is 0 Å². The van der Waals surface area contributed by atoms with Gasteiger partial charge >= 0.3 is 0 Å². The molecule has 1 aromatic carbocycles. The lowest BCUT2D eigenvalue weighted by molar-refractivity contribution is 0.400. The van der Waals surface area contributed by atoms with E-state index in [4.69, 9.17) is 5.73 Å². The van der Waals surface area contributed by atoms with Crippen LogP contribution in [0.5, 0.6) is 0 Å². The molecule has 112 valence electrons. The predicted molar refractivity (Wildman–Crippen MR) is 72.4 cm³/mol. The summed E-state index contributed by atoms with van der Waals surface area (Å²) in [5, 5.41) is 0. The maximum atomic E-state index is 13.7. The van der Waals surface area contributed by atoms with E-state index in [-0.39, 0.29) is 17.6 Å². The van der Waals surface area contributed by atoms with Crippen molar-refractivity contribution in [2.75, 3.05) is 5.73 Å². The van der Waals surface area contributed by atoms with Crippen molar-refractivity contribution in [1.82, 2.24) is 4.72 Å². The second-order valence-electron chi connectivity index (χ2n) is 5.46. The molecule has 3 unspecified atom stereocenters. The van der Waals surface area contributed by atoms with Gasteiger partial charge in [-0.3, -0.25) is 0 Å². The Morgan fingerprint density at radius 3 is 2.20 bits per heavy atom. The fraction of sp³-hybridized carbons (Fsp3) is 0.538. The maximum Gasteiger partial charge on any atom is 0.246 e. The van der Waals surface area contributed by atoms with Crippen molar-refractivity contribution in [1.29, 1.82) is 0 Å². The lowest BCUT2D eigenvalue weighted by Crippen LogP contribution is -2.38. The standard InChI is InChI=1S/C13H18F2N2O2S/c1-7-3-4-12(8(7)2)17-20(18,19)13-10(14)5-9(16)6-11(13)15/h5-8,12,17H,3-4,16H2,1-2H3. The summed E-state index contributed by atoms with van der Waals surface area (Å²) in [6, 6.07) is 1.31. The molecule has 1 aromatic rings. The third-order valence-electron chi connectivity index (χ3n) is 4.06. The first-order valence-corrected chi connectivity index (χ1v) is 7.97. The maximum absolute atomic E-state index is 13.7. The molecule has 2 rings (SSSR count). The van der Waals surface area contributed by atoms with Gasteiger partial charge in [0, 0.05) is 11.7 Å². The Hall–Kier alpha value is -1.21. The van der Waals surface area contributed by atoms with Crippen LogP contribution in [0.1, 0.15) is 26.7 Å². The van der Waals surface area contributed by atoms with Gasteiger partial charge in [-0.1, -0.05) is 13.8 Å². The summed E-state index contributed by atoms with van der Waals surface area (Å²) in [4.78, 5) is -0.960. The number of nitrogens with two attached hydrogens (primary N) is 1. The Bertz CT molecular complexity index is 596. The van der Waals surface area contributed by atoms with Gasteiger partial charge in [0.2, 0.25) is 10.0 Å². The van der Waals surface area contributed by atoms with Crippen molar-refractivity contribution in [2.24, 2.45) is 11.8 Å². The Morgan fingerprint density at radius 1 is 1.20 bits per heavy atom. The second kappa shape index (κ2) is 5.29. The van der Waals surface area contributed by atoms with Gasteiger partial charge in [0.15, 0.2) is 4.90 Å². The predicted octanol–water partition coefficient (Wildman–Crippen LogP) is 2.26. The molecule has 0 aliphatic heterocycles. The highest BCUT2D eigenvalue weighted by molar-refractivity contribution is 7.89. The lowest BCUT2D eigenvalue weighted by Gasteiger charge is -2.20. The summed E-state index contributed by atoms with van der Waals surface area (Å²) in [5.41, 5.74) is 5.13. The van der Waals surface area contributed by atoms with Crippen molar-refractivity contribution in [3.05, 3.63) is 23.8 Å². The normalized spacial score (nSPS) is 26.9. The third kappa shape index (κ3) is 2.78. The third-order valence-corrected chi connectivity index (χ3v) is 5.60. The van der Waals surface area contributed by atoms with Crippen LogP contribution in [-0.4, -0.2) is 14.5 Å². The van der Waals surface area contributed by atoms with Gasteiger partial charge in [-0.15, -0.1) is 0 Å². The summed E-state index contributed by atoms with van der Waals surface area (Å²) < 4.78 is 54.2. The molecule has 0 aromatic heterocycles. The molecule has 0 radical (unpaired) electrons. The van der Waals surface area contributed by atoms with Crippen molar-refractivity contribution in [3.63, 3.8) is 0 Å². The van der Waals surface area contributed by atoms with E-state index < -0.39 is 26.6 Å². The number of nitrogen functional groups attached to an aromatic ring is 1. The van der Waals surface area contributed by atoms with Gasteiger partial charge < -0.3 is 5.73 Å². The fourth-order valence-electron chi connectivity index (χ4n) is 2.63. The Balaban J connectivity index is 2.32. The zero-order valence-electron chi connectivity index (χ0n) is 11.4. The lowest BCUT2D eigenvalue weighted by atomic mass is 9.98. The number of sulfonamides is 1. The number of hydrogen-bond acceptors (Lipinski definition) is 3. The first kappa shape index (κ1) is 15.2. The van der Waals surface area contributed by atoms with Crippen LogP contribution in [0.15, 0.2) is 17.0 Å². The molecule has 1 fully saturated rings. The highest BCUT2D eigenvalue weighted by Gasteiger charge is 2.35. The van der Waals surface area contributed by atoms with E-state index in [1.807, 2.05) is 13.8 Å². The highest BCUT2D eigenvalue weighted by Crippen LogP contribution is 2.32. The number of anilines is 1. The van der Waals surface area contributed by atoms with Crippen LogP contribution in [0.3, 0.4) is 0 Å². The molecule has 1 aliphatic carbocycles. The minimum absolute atomic E-state index is 0.129. The quantitative estimate of drug-likeness (QED) is 0.841. The topological polar surface area (TPSA) is 72.2 Å². The van der Waals surface area contributed by atoms with E-state index in [0.717, 1.165) is 18.6 Å². The first-order valence-electron chi connectivity index (χ1n) is 6.49. The summed E-state index contributed by atoms with van der Waals surface area (Å²) in [6.45, 7) is 3.96. The van der Waals surface area contributed by atoms with Crippen LogP contribution in [0, 0.1) is 23.5 Å². The molecular formula is C13H18F2N2O2S. The van der Waals surface area contributed by atoms with E-state index in [9.17, 15) is 17.2 Å². The van der Waals surface area contributed by atoms with Crippen molar-refractivity contribution in [3.8, 4) is 0 Å². The summed E-state index contributed by atoms with van der Waals surface area (Å²) in [5.74, 6) is -1.84. The van der Waals surface area contributed by atoms with Crippen molar-refractivity contribution in [2.45, 2.75) is 37.6 Å².